The summed E-state index contributed by atoms with van der Waals surface area (Å²) in [5.74, 6) is -1.97. The Morgan fingerprint density at radius 1 is 1.03 bits per heavy atom. The summed E-state index contributed by atoms with van der Waals surface area (Å²) in [7, 11) is 0. The van der Waals surface area contributed by atoms with Crippen molar-refractivity contribution in [3.63, 3.8) is 0 Å². The fourth-order valence-electron chi connectivity index (χ4n) is 5.44. The summed E-state index contributed by atoms with van der Waals surface area (Å²) in [6, 6.07) is 15.9. The second-order valence-electron chi connectivity index (χ2n) is 9.32. The number of unbranched alkanes of at least 4 members (excludes halogenated alkanes) is 4. The summed E-state index contributed by atoms with van der Waals surface area (Å²) >= 11 is 0. The van der Waals surface area contributed by atoms with E-state index in [-0.39, 0.29) is 25.0 Å². The Balaban J connectivity index is 1.50. The van der Waals surface area contributed by atoms with Crippen LogP contribution in [0.15, 0.2) is 48.5 Å². The largest absolute Gasteiger partial charge is 0.479 e. The van der Waals surface area contributed by atoms with E-state index in [1.165, 1.54) is 0 Å². The van der Waals surface area contributed by atoms with Gasteiger partial charge in [-0.1, -0.05) is 81.1 Å². The number of carbonyl (C=O) groups excluding carboxylic acids is 1. The van der Waals surface area contributed by atoms with E-state index in [2.05, 4.69) is 31.2 Å². The van der Waals surface area contributed by atoms with Crippen LogP contribution in [0.25, 0.3) is 11.1 Å². The lowest BCUT2D eigenvalue weighted by molar-refractivity contribution is -0.170. The lowest BCUT2D eigenvalue weighted by atomic mass is 9.94. The molecule has 0 aromatic heterocycles. The van der Waals surface area contributed by atoms with Gasteiger partial charge in [-0.25, -0.2) is 9.59 Å². The normalized spacial score (nSPS) is 22.2. The standard InChI is InChI=1S/C27H34N2O4/c1-2-3-4-5-10-15-29-17-19(28)16-27(29,25(30)31)26(32)33-18-24-22-13-8-6-11-20(22)21-12-7-9-14-23(21)24/h6-9,11-14,19,24H,2-5,10,15-18,28H2,1H3,(H,30,31)/t19-,27-/m0/s1. The first kappa shape index (κ1) is 23.5. The van der Waals surface area contributed by atoms with Gasteiger partial charge in [0, 0.05) is 24.9 Å². The van der Waals surface area contributed by atoms with Crippen LogP contribution in [0.2, 0.25) is 0 Å². The SMILES string of the molecule is CCCCCCCN1C[C@@H](N)C[C@]1(C(=O)O)C(=O)OCC1c2ccccc2-c2ccccc21. The topological polar surface area (TPSA) is 92.9 Å². The molecular formula is C27H34N2O4. The second kappa shape index (κ2) is 10.1. The van der Waals surface area contributed by atoms with Crippen LogP contribution in [0, 0.1) is 0 Å². The molecule has 176 valence electrons. The third-order valence-corrected chi connectivity index (χ3v) is 7.12. The number of carboxylic acid groups (broad SMARTS) is 1. The number of ether oxygens (including phenoxy) is 1. The highest BCUT2D eigenvalue weighted by atomic mass is 16.5. The minimum Gasteiger partial charge on any atom is -0.479 e. The molecule has 0 saturated carbocycles. The Hall–Kier alpha value is -2.70. The molecule has 2 aromatic carbocycles. The molecule has 0 amide bonds. The molecule has 0 spiro atoms. The van der Waals surface area contributed by atoms with Gasteiger partial charge in [-0.3, -0.25) is 4.90 Å². The Bertz CT molecular complexity index is 962. The average Bonchev–Trinajstić information content (AvgIpc) is 3.33. The van der Waals surface area contributed by atoms with E-state index in [0.29, 0.717) is 13.1 Å². The summed E-state index contributed by atoms with van der Waals surface area (Å²) in [5, 5.41) is 10.2. The molecule has 33 heavy (non-hydrogen) atoms. The highest BCUT2D eigenvalue weighted by Gasteiger charge is 2.57. The number of esters is 1. The molecule has 1 fully saturated rings. The van der Waals surface area contributed by atoms with Crippen LogP contribution in [-0.2, 0) is 14.3 Å². The van der Waals surface area contributed by atoms with Crippen LogP contribution in [-0.4, -0.2) is 53.2 Å². The van der Waals surface area contributed by atoms with Gasteiger partial charge >= 0.3 is 11.9 Å². The third-order valence-electron chi connectivity index (χ3n) is 7.12. The quantitative estimate of drug-likeness (QED) is 0.321. The maximum Gasteiger partial charge on any atom is 0.338 e. The predicted octanol–water partition coefficient (Wildman–Crippen LogP) is 4.17. The van der Waals surface area contributed by atoms with Gasteiger partial charge in [0.15, 0.2) is 0 Å². The number of hydrogen-bond donors (Lipinski definition) is 2. The van der Waals surface area contributed by atoms with Gasteiger partial charge in [0.05, 0.1) is 0 Å². The van der Waals surface area contributed by atoms with Crippen LogP contribution >= 0.6 is 0 Å². The molecule has 1 aliphatic heterocycles. The molecule has 0 bridgehead atoms. The zero-order chi connectivity index (χ0) is 23.4. The van der Waals surface area contributed by atoms with Crippen molar-refractivity contribution in [1.82, 2.24) is 4.90 Å². The number of likely N-dealkylation sites (tertiary alicyclic amines) is 1. The third kappa shape index (κ3) is 4.42. The molecule has 2 aromatic rings. The molecule has 0 radical (unpaired) electrons. The Labute approximate surface area is 195 Å². The van der Waals surface area contributed by atoms with E-state index in [9.17, 15) is 14.7 Å². The number of fused-ring (bicyclic) bond motifs is 3. The Morgan fingerprint density at radius 2 is 1.64 bits per heavy atom. The summed E-state index contributed by atoms with van der Waals surface area (Å²) in [6.07, 6.45) is 5.36. The summed E-state index contributed by atoms with van der Waals surface area (Å²) in [5.41, 5.74) is 8.94. The number of hydrogen-bond acceptors (Lipinski definition) is 5. The van der Waals surface area contributed by atoms with Gasteiger partial charge in [0.2, 0.25) is 5.54 Å². The number of nitrogens with zero attached hydrogens (tertiary/aromatic N) is 1. The van der Waals surface area contributed by atoms with Gasteiger partial charge in [-0.15, -0.1) is 0 Å². The van der Waals surface area contributed by atoms with Crippen molar-refractivity contribution in [1.29, 1.82) is 0 Å². The van der Waals surface area contributed by atoms with Crippen molar-refractivity contribution in [3.05, 3.63) is 59.7 Å². The summed E-state index contributed by atoms with van der Waals surface area (Å²) < 4.78 is 5.79. The zero-order valence-corrected chi connectivity index (χ0v) is 19.3. The van der Waals surface area contributed by atoms with Gasteiger partial charge in [0.25, 0.3) is 0 Å². The number of rotatable bonds is 10. The monoisotopic (exact) mass is 450 g/mol. The second-order valence-corrected chi connectivity index (χ2v) is 9.32. The Kier molecular flexibility index (Phi) is 7.15. The van der Waals surface area contributed by atoms with E-state index >= 15 is 0 Å². The molecule has 4 rings (SSSR count). The Morgan fingerprint density at radius 3 is 2.24 bits per heavy atom. The smallest absolute Gasteiger partial charge is 0.338 e. The predicted molar refractivity (Wildman–Crippen MR) is 128 cm³/mol. The molecule has 6 heteroatoms. The molecule has 1 heterocycles. The minimum atomic E-state index is -1.71. The number of benzene rings is 2. The van der Waals surface area contributed by atoms with Crippen molar-refractivity contribution < 1.29 is 19.4 Å². The molecular weight excluding hydrogens is 416 g/mol. The number of carbonyl (C=O) groups is 2. The maximum atomic E-state index is 13.4. The molecule has 1 saturated heterocycles. The van der Waals surface area contributed by atoms with E-state index in [0.717, 1.165) is 54.4 Å². The van der Waals surface area contributed by atoms with Gasteiger partial charge in [-0.2, -0.15) is 0 Å². The van der Waals surface area contributed by atoms with Gasteiger partial charge in [-0.05, 0) is 35.2 Å². The molecule has 1 aliphatic carbocycles. The minimum absolute atomic E-state index is 0.0773. The van der Waals surface area contributed by atoms with Gasteiger partial charge in [0.1, 0.15) is 6.61 Å². The lowest BCUT2D eigenvalue weighted by Gasteiger charge is -2.32. The van der Waals surface area contributed by atoms with E-state index < -0.39 is 17.5 Å². The van der Waals surface area contributed by atoms with E-state index in [1.807, 2.05) is 24.3 Å². The molecule has 0 unspecified atom stereocenters. The van der Waals surface area contributed by atoms with Crippen LogP contribution < -0.4 is 5.73 Å². The number of aliphatic carboxylic acids is 1. The first-order valence-electron chi connectivity index (χ1n) is 12.1. The van der Waals surface area contributed by atoms with Crippen LogP contribution in [0.1, 0.15) is 62.5 Å². The number of nitrogens with two attached hydrogens (primary N) is 1. The van der Waals surface area contributed by atoms with Gasteiger partial charge < -0.3 is 15.6 Å². The molecule has 2 aliphatic rings. The first-order valence-corrected chi connectivity index (χ1v) is 12.1. The highest BCUT2D eigenvalue weighted by molar-refractivity contribution is 6.04. The van der Waals surface area contributed by atoms with Crippen molar-refractivity contribution in [2.24, 2.45) is 5.73 Å². The molecule has 6 nitrogen and oxygen atoms in total. The van der Waals surface area contributed by atoms with E-state index in [1.54, 1.807) is 4.90 Å². The highest BCUT2D eigenvalue weighted by Crippen LogP contribution is 2.44. The molecule has 3 N–H and O–H groups in total. The van der Waals surface area contributed by atoms with Crippen LogP contribution in [0.3, 0.4) is 0 Å². The zero-order valence-electron chi connectivity index (χ0n) is 19.3. The fourth-order valence-corrected chi connectivity index (χ4v) is 5.44. The maximum absolute atomic E-state index is 13.4. The summed E-state index contributed by atoms with van der Waals surface area (Å²) in [6.45, 7) is 3.20. The average molecular weight is 451 g/mol. The summed E-state index contributed by atoms with van der Waals surface area (Å²) in [4.78, 5) is 27.6. The first-order chi connectivity index (χ1) is 16.0. The lowest BCUT2D eigenvalue weighted by Crippen LogP contribution is -2.57. The molecule has 2 atom stereocenters. The van der Waals surface area contributed by atoms with Crippen molar-refractivity contribution in [2.45, 2.75) is 62.9 Å². The van der Waals surface area contributed by atoms with E-state index in [4.69, 9.17) is 10.5 Å². The van der Waals surface area contributed by atoms with Crippen molar-refractivity contribution in [3.8, 4) is 11.1 Å². The fraction of sp³-hybridized carbons (Fsp3) is 0.481. The van der Waals surface area contributed by atoms with Crippen molar-refractivity contribution >= 4 is 11.9 Å². The number of carboxylic acids is 1. The van der Waals surface area contributed by atoms with Crippen molar-refractivity contribution in [2.75, 3.05) is 19.7 Å². The van der Waals surface area contributed by atoms with Crippen LogP contribution in [0.5, 0.6) is 0 Å². The van der Waals surface area contributed by atoms with Crippen LogP contribution in [0.4, 0.5) is 0 Å².